The molecule has 1 amide bonds. The Morgan fingerprint density at radius 2 is 1.90 bits per heavy atom. The van der Waals surface area contributed by atoms with Crippen LogP contribution in [0.25, 0.3) is 0 Å². The maximum Gasteiger partial charge on any atom is 0.416 e. The molecule has 2 atom stereocenters. The molecule has 4 nitrogen and oxygen atoms in total. The Kier molecular flexibility index (Phi) is 6.30. The van der Waals surface area contributed by atoms with Crippen LogP contribution in [0.15, 0.2) is 48.5 Å². The Morgan fingerprint density at radius 3 is 2.55 bits per heavy atom. The van der Waals surface area contributed by atoms with Crippen molar-refractivity contribution in [3.63, 3.8) is 0 Å². The smallest absolute Gasteiger partial charge is 0.416 e. The van der Waals surface area contributed by atoms with Crippen LogP contribution in [0.2, 0.25) is 0 Å². The lowest BCUT2D eigenvalue weighted by molar-refractivity contribution is -0.137. The Balaban J connectivity index is 1.77. The van der Waals surface area contributed by atoms with Gasteiger partial charge in [0.15, 0.2) is 0 Å². The fourth-order valence-corrected chi connectivity index (χ4v) is 3.61. The van der Waals surface area contributed by atoms with Crippen molar-refractivity contribution in [1.82, 2.24) is 4.90 Å². The average molecular weight is 411 g/mol. The Bertz CT molecular complexity index is 839. The third-order valence-corrected chi connectivity index (χ3v) is 5.09. The molecule has 0 saturated carbocycles. The van der Waals surface area contributed by atoms with Crippen molar-refractivity contribution in [2.24, 2.45) is 5.92 Å². The number of methoxy groups -OCH3 is 1. The zero-order valence-electron chi connectivity index (χ0n) is 15.8. The van der Waals surface area contributed by atoms with Crippen LogP contribution < -0.4 is 4.74 Å². The Morgan fingerprint density at radius 1 is 1.17 bits per heavy atom. The first kappa shape index (κ1) is 21.0. The van der Waals surface area contributed by atoms with Gasteiger partial charge in [0, 0.05) is 19.0 Å². The van der Waals surface area contributed by atoms with E-state index in [9.17, 15) is 22.4 Å². The molecule has 1 aliphatic heterocycles. The quantitative estimate of drug-likeness (QED) is 0.658. The fraction of sp³-hybridized carbons (Fsp3) is 0.381. The van der Waals surface area contributed by atoms with Gasteiger partial charge in [-0.05, 0) is 48.2 Å². The first-order valence-electron chi connectivity index (χ1n) is 9.16. The second-order valence-corrected chi connectivity index (χ2v) is 6.96. The summed E-state index contributed by atoms with van der Waals surface area (Å²) in [6.45, 7) is 0.902. The standard InChI is InChI=1S/C21H21F4NO3/c1-28-20(27)26-10-9-19(14-5-7-17(22)8-6-14)15(12-26)13-29-18-4-2-3-16(11-18)21(23,24)25/h2-8,11,15,19H,9-10,12-13H2,1H3/t15-,19-/m0/s1. The largest absolute Gasteiger partial charge is 0.493 e. The van der Waals surface area contributed by atoms with Crippen molar-refractivity contribution in [2.45, 2.75) is 18.5 Å². The molecule has 29 heavy (non-hydrogen) atoms. The average Bonchev–Trinajstić information content (AvgIpc) is 2.72. The molecule has 8 heteroatoms. The SMILES string of the molecule is COC(=O)N1CC[C@@H](c2ccc(F)cc2)[C@H](COc2cccc(C(F)(F)F)c2)C1. The van der Waals surface area contributed by atoms with Crippen LogP contribution in [0.4, 0.5) is 22.4 Å². The van der Waals surface area contributed by atoms with Gasteiger partial charge in [-0.1, -0.05) is 18.2 Å². The molecule has 1 saturated heterocycles. The van der Waals surface area contributed by atoms with Gasteiger partial charge in [-0.2, -0.15) is 13.2 Å². The van der Waals surface area contributed by atoms with E-state index >= 15 is 0 Å². The number of carbonyl (C=O) groups excluding carboxylic acids is 1. The number of likely N-dealkylation sites (tertiary alicyclic amines) is 1. The minimum absolute atomic E-state index is 0.0256. The third-order valence-electron chi connectivity index (χ3n) is 5.09. The normalized spacial score (nSPS) is 19.7. The predicted octanol–water partition coefficient (Wildman–Crippen LogP) is 5.10. The first-order valence-corrected chi connectivity index (χ1v) is 9.16. The number of alkyl halides is 3. The van der Waals surface area contributed by atoms with Gasteiger partial charge < -0.3 is 14.4 Å². The van der Waals surface area contributed by atoms with Crippen LogP contribution in [0.3, 0.4) is 0 Å². The summed E-state index contributed by atoms with van der Waals surface area (Å²) in [6.07, 6.45) is -4.31. The summed E-state index contributed by atoms with van der Waals surface area (Å²) in [5.41, 5.74) is 0.110. The maximum atomic E-state index is 13.3. The lowest BCUT2D eigenvalue weighted by Crippen LogP contribution is -2.44. The molecule has 1 heterocycles. The van der Waals surface area contributed by atoms with Gasteiger partial charge >= 0.3 is 12.3 Å². The van der Waals surface area contributed by atoms with Crippen molar-refractivity contribution in [3.8, 4) is 5.75 Å². The van der Waals surface area contributed by atoms with Gasteiger partial charge in [0.2, 0.25) is 0 Å². The molecule has 0 aliphatic carbocycles. The number of ether oxygens (including phenoxy) is 2. The number of hydrogen-bond donors (Lipinski definition) is 0. The highest BCUT2D eigenvalue weighted by Crippen LogP contribution is 2.35. The van der Waals surface area contributed by atoms with E-state index in [1.807, 2.05) is 0 Å². The van der Waals surface area contributed by atoms with E-state index in [1.165, 1.54) is 31.4 Å². The predicted molar refractivity (Wildman–Crippen MR) is 98.2 cm³/mol. The zero-order chi connectivity index (χ0) is 21.0. The van der Waals surface area contributed by atoms with Crippen molar-refractivity contribution in [1.29, 1.82) is 0 Å². The maximum absolute atomic E-state index is 13.3. The van der Waals surface area contributed by atoms with Crippen LogP contribution in [0, 0.1) is 11.7 Å². The van der Waals surface area contributed by atoms with Crippen LogP contribution in [0.1, 0.15) is 23.5 Å². The number of piperidine rings is 1. The van der Waals surface area contributed by atoms with Crippen LogP contribution in [0.5, 0.6) is 5.75 Å². The first-order chi connectivity index (χ1) is 13.8. The fourth-order valence-electron chi connectivity index (χ4n) is 3.61. The van der Waals surface area contributed by atoms with Crippen molar-refractivity contribution < 1.29 is 31.8 Å². The molecular formula is C21H21F4NO3. The molecule has 1 fully saturated rings. The van der Waals surface area contributed by atoms with E-state index in [-0.39, 0.29) is 30.0 Å². The molecule has 0 aromatic heterocycles. The summed E-state index contributed by atoms with van der Waals surface area (Å²) in [6, 6.07) is 10.8. The minimum atomic E-state index is -4.46. The molecule has 0 spiro atoms. The molecule has 0 unspecified atom stereocenters. The van der Waals surface area contributed by atoms with E-state index in [2.05, 4.69) is 0 Å². The molecule has 156 valence electrons. The zero-order valence-corrected chi connectivity index (χ0v) is 15.8. The topological polar surface area (TPSA) is 38.8 Å². The summed E-state index contributed by atoms with van der Waals surface area (Å²) in [5, 5.41) is 0. The number of benzene rings is 2. The van der Waals surface area contributed by atoms with Gasteiger partial charge in [0.1, 0.15) is 11.6 Å². The van der Waals surface area contributed by atoms with Gasteiger partial charge in [-0.3, -0.25) is 0 Å². The summed E-state index contributed by atoms with van der Waals surface area (Å²) >= 11 is 0. The summed E-state index contributed by atoms with van der Waals surface area (Å²) in [7, 11) is 1.29. The minimum Gasteiger partial charge on any atom is -0.493 e. The van der Waals surface area contributed by atoms with Gasteiger partial charge in [0.25, 0.3) is 0 Å². The highest BCUT2D eigenvalue weighted by molar-refractivity contribution is 5.67. The van der Waals surface area contributed by atoms with Crippen molar-refractivity contribution in [3.05, 3.63) is 65.5 Å². The van der Waals surface area contributed by atoms with Gasteiger partial charge in [-0.15, -0.1) is 0 Å². The lowest BCUT2D eigenvalue weighted by atomic mass is 9.81. The molecule has 3 rings (SSSR count). The van der Waals surface area contributed by atoms with Crippen LogP contribution in [-0.2, 0) is 10.9 Å². The van der Waals surface area contributed by atoms with Gasteiger partial charge in [0.05, 0.1) is 19.3 Å². The molecule has 0 radical (unpaired) electrons. The monoisotopic (exact) mass is 411 g/mol. The summed E-state index contributed by atoms with van der Waals surface area (Å²) in [4.78, 5) is 13.5. The van der Waals surface area contributed by atoms with Gasteiger partial charge in [-0.25, -0.2) is 9.18 Å². The van der Waals surface area contributed by atoms with E-state index < -0.39 is 17.8 Å². The number of nitrogens with zero attached hydrogens (tertiary/aromatic N) is 1. The summed E-state index contributed by atoms with van der Waals surface area (Å²) in [5.74, 6) is -0.462. The second kappa shape index (κ2) is 8.71. The molecular weight excluding hydrogens is 390 g/mol. The molecule has 1 aliphatic rings. The number of hydrogen-bond acceptors (Lipinski definition) is 3. The number of halogens is 4. The molecule has 2 aromatic carbocycles. The number of carbonyl (C=O) groups is 1. The van der Waals surface area contributed by atoms with Crippen molar-refractivity contribution >= 4 is 6.09 Å². The van der Waals surface area contributed by atoms with E-state index in [1.54, 1.807) is 17.0 Å². The summed E-state index contributed by atoms with van der Waals surface area (Å²) < 4.78 is 62.5. The highest BCUT2D eigenvalue weighted by Gasteiger charge is 2.34. The van der Waals surface area contributed by atoms with E-state index in [0.29, 0.717) is 19.5 Å². The molecule has 0 bridgehead atoms. The number of rotatable bonds is 4. The Labute approximate surface area is 166 Å². The molecule has 2 aromatic rings. The van der Waals surface area contributed by atoms with Crippen LogP contribution >= 0.6 is 0 Å². The van der Waals surface area contributed by atoms with E-state index in [0.717, 1.165) is 17.7 Å². The molecule has 0 N–H and O–H groups in total. The van der Waals surface area contributed by atoms with Crippen molar-refractivity contribution in [2.75, 3.05) is 26.8 Å². The third kappa shape index (κ3) is 5.19. The van der Waals surface area contributed by atoms with Crippen LogP contribution in [-0.4, -0.2) is 37.8 Å². The number of amides is 1. The van der Waals surface area contributed by atoms with E-state index in [4.69, 9.17) is 9.47 Å². The Hall–Kier alpha value is -2.77. The highest BCUT2D eigenvalue weighted by atomic mass is 19.4. The second-order valence-electron chi connectivity index (χ2n) is 6.96. The lowest BCUT2D eigenvalue weighted by Gasteiger charge is -2.38.